The smallest absolute Gasteiger partial charge is 0.256 e. The lowest BCUT2D eigenvalue weighted by Crippen LogP contribution is -2.27. The van der Waals surface area contributed by atoms with E-state index in [1.54, 1.807) is 67.6 Å². The first-order valence-corrected chi connectivity index (χ1v) is 8.83. The van der Waals surface area contributed by atoms with Crippen molar-refractivity contribution in [3.63, 3.8) is 0 Å². The quantitative estimate of drug-likeness (QED) is 0.700. The van der Waals surface area contributed by atoms with Crippen molar-refractivity contribution in [1.29, 1.82) is 0 Å². The molecule has 0 spiro atoms. The Kier molecular flexibility index (Phi) is 5.79. The molecule has 28 heavy (non-hydrogen) atoms. The van der Waals surface area contributed by atoms with Crippen molar-refractivity contribution < 1.29 is 18.7 Å². The van der Waals surface area contributed by atoms with Gasteiger partial charge in [-0.1, -0.05) is 12.1 Å². The van der Waals surface area contributed by atoms with E-state index in [-0.39, 0.29) is 11.8 Å². The highest BCUT2D eigenvalue weighted by atomic mass is 16.5. The number of methoxy groups -OCH3 is 1. The summed E-state index contributed by atoms with van der Waals surface area (Å²) in [6.45, 7) is 2.20. The highest BCUT2D eigenvalue weighted by molar-refractivity contribution is 6.09. The second-order valence-corrected chi connectivity index (χ2v) is 6.40. The molecule has 0 atom stereocenters. The van der Waals surface area contributed by atoms with Gasteiger partial charge in [-0.15, -0.1) is 0 Å². The van der Waals surface area contributed by atoms with Crippen LogP contribution in [0.4, 0.5) is 5.69 Å². The molecule has 1 N–H and O–H groups in total. The zero-order chi connectivity index (χ0) is 20.1. The number of hydrogen-bond acceptors (Lipinski definition) is 4. The van der Waals surface area contributed by atoms with Crippen LogP contribution < -0.4 is 10.1 Å². The molecule has 1 aromatic heterocycles. The topological polar surface area (TPSA) is 71.8 Å². The summed E-state index contributed by atoms with van der Waals surface area (Å²) < 4.78 is 10.6. The summed E-state index contributed by atoms with van der Waals surface area (Å²) in [5.74, 6) is 1.66. The molecule has 6 nitrogen and oxygen atoms in total. The van der Waals surface area contributed by atoms with Crippen LogP contribution in [0.15, 0.2) is 65.1 Å². The van der Waals surface area contributed by atoms with E-state index in [4.69, 9.17) is 9.15 Å². The molecule has 0 unspecified atom stereocenters. The Bertz CT molecular complexity index is 976. The maximum absolute atomic E-state index is 12.9. The Morgan fingerprint density at radius 3 is 2.39 bits per heavy atom. The van der Waals surface area contributed by atoms with E-state index < -0.39 is 0 Å². The molecule has 3 aromatic rings. The molecule has 0 bridgehead atoms. The third-order valence-electron chi connectivity index (χ3n) is 4.29. The average Bonchev–Trinajstić information content (AvgIpc) is 3.12. The van der Waals surface area contributed by atoms with Crippen LogP contribution in [0.1, 0.15) is 32.2 Å². The number of rotatable bonds is 6. The van der Waals surface area contributed by atoms with Crippen molar-refractivity contribution >= 4 is 17.5 Å². The zero-order valence-electron chi connectivity index (χ0n) is 16.1. The number of nitrogens with zero attached hydrogens (tertiary/aromatic N) is 1. The fourth-order valence-electron chi connectivity index (χ4n) is 2.80. The number of carbonyl (C=O) groups excluding carboxylic acids is 2. The lowest BCUT2D eigenvalue weighted by Gasteiger charge is -2.18. The van der Waals surface area contributed by atoms with Crippen LogP contribution in [-0.4, -0.2) is 30.9 Å². The van der Waals surface area contributed by atoms with Gasteiger partial charge in [-0.3, -0.25) is 9.59 Å². The number of amides is 2. The number of ether oxygens (including phenoxy) is 1. The fourth-order valence-corrected chi connectivity index (χ4v) is 2.80. The molecule has 0 aliphatic rings. The Morgan fingerprint density at radius 2 is 1.75 bits per heavy atom. The van der Waals surface area contributed by atoms with Gasteiger partial charge in [0.1, 0.15) is 17.3 Å². The van der Waals surface area contributed by atoms with Crippen LogP contribution >= 0.6 is 0 Å². The lowest BCUT2D eigenvalue weighted by atomic mass is 10.1. The Balaban J connectivity index is 1.76. The van der Waals surface area contributed by atoms with Crippen LogP contribution in [0, 0.1) is 6.92 Å². The number of hydrogen-bond donors (Lipinski definition) is 1. The number of anilines is 1. The predicted molar refractivity (Wildman–Crippen MR) is 107 cm³/mol. The monoisotopic (exact) mass is 378 g/mol. The van der Waals surface area contributed by atoms with Crippen LogP contribution in [-0.2, 0) is 6.54 Å². The summed E-state index contributed by atoms with van der Waals surface area (Å²) in [6.07, 6.45) is 0. The molecule has 6 heteroatoms. The minimum Gasteiger partial charge on any atom is -0.497 e. The van der Waals surface area contributed by atoms with Crippen LogP contribution in [0.3, 0.4) is 0 Å². The van der Waals surface area contributed by atoms with E-state index in [1.807, 2.05) is 19.1 Å². The van der Waals surface area contributed by atoms with Crippen LogP contribution in [0.2, 0.25) is 0 Å². The first-order valence-electron chi connectivity index (χ1n) is 8.83. The minimum absolute atomic E-state index is 0.209. The van der Waals surface area contributed by atoms with Gasteiger partial charge in [0.15, 0.2) is 0 Å². The summed E-state index contributed by atoms with van der Waals surface area (Å²) in [7, 11) is 3.26. The molecule has 2 amide bonds. The van der Waals surface area contributed by atoms with Crippen molar-refractivity contribution in [3.8, 4) is 5.75 Å². The Labute approximate surface area is 163 Å². The van der Waals surface area contributed by atoms with E-state index in [0.717, 1.165) is 5.76 Å². The van der Waals surface area contributed by atoms with E-state index in [2.05, 4.69) is 5.32 Å². The van der Waals surface area contributed by atoms with E-state index in [0.29, 0.717) is 34.9 Å². The molecule has 0 radical (unpaired) electrons. The maximum Gasteiger partial charge on any atom is 0.256 e. The van der Waals surface area contributed by atoms with Crippen molar-refractivity contribution in [1.82, 2.24) is 4.90 Å². The first kappa shape index (κ1) is 19.2. The third kappa shape index (κ3) is 4.40. The molecular formula is C22H22N2O4. The van der Waals surface area contributed by atoms with E-state index >= 15 is 0 Å². The fraction of sp³-hybridized carbons (Fsp3) is 0.182. The van der Waals surface area contributed by atoms with Gasteiger partial charge in [0.2, 0.25) is 0 Å². The number of para-hydroxylation sites is 1. The normalized spacial score (nSPS) is 10.4. The molecule has 3 rings (SSSR count). The highest BCUT2D eigenvalue weighted by Crippen LogP contribution is 2.20. The molecule has 2 aromatic carbocycles. The van der Waals surface area contributed by atoms with Crippen LogP contribution in [0.5, 0.6) is 5.75 Å². The lowest BCUT2D eigenvalue weighted by molar-refractivity contribution is 0.0776. The summed E-state index contributed by atoms with van der Waals surface area (Å²) >= 11 is 0. The molecule has 144 valence electrons. The molecule has 1 heterocycles. The summed E-state index contributed by atoms with van der Waals surface area (Å²) in [6, 6.07) is 17.4. The summed E-state index contributed by atoms with van der Waals surface area (Å²) in [5.41, 5.74) is 1.34. The number of nitrogens with one attached hydrogen (secondary N) is 1. The number of benzene rings is 2. The van der Waals surface area contributed by atoms with Crippen molar-refractivity contribution in [3.05, 3.63) is 83.3 Å². The molecule has 0 saturated heterocycles. The number of furan rings is 1. The van der Waals surface area contributed by atoms with Gasteiger partial charge in [-0.05, 0) is 55.5 Å². The first-order chi connectivity index (χ1) is 13.5. The van der Waals surface area contributed by atoms with Crippen molar-refractivity contribution in [2.75, 3.05) is 19.5 Å². The van der Waals surface area contributed by atoms with Crippen molar-refractivity contribution in [2.24, 2.45) is 0 Å². The number of aryl methyl sites for hydroxylation is 1. The average molecular weight is 378 g/mol. The number of carbonyl (C=O) groups is 2. The molecule has 0 aliphatic heterocycles. The minimum atomic E-state index is -0.299. The van der Waals surface area contributed by atoms with Gasteiger partial charge in [0.05, 0.1) is 24.9 Å². The second kappa shape index (κ2) is 8.43. The van der Waals surface area contributed by atoms with E-state index in [1.165, 1.54) is 0 Å². The molecular weight excluding hydrogens is 356 g/mol. The van der Waals surface area contributed by atoms with Gasteiger partial charge < -0.3 is 19.4 Å². The second-order valence-electron chi connectivity index (χ2n) is 6.40. The van der Waals surface area contributed by atoms with Gasteiger partial charge >= 0.3 is 0 Å². The highest BCUT2D eigenvalue weighted by Gasteiger charge is 2.18. The predicted octanol–water partition coefficient (Wildman–Crippen LogP) is 4.12. The maximum atomic E-state index is 12.9. The molecule has 0 saturated carbocycles. The Morgan fingerprint density at radius 1 is 1.04 bits per heavy atom. The van der Waals surface area contributed by atoms with Gasteiger partial charge in [-0.2, -0.15) is 0 Å². The summed E-state index contributed by atoms with van der Waals surface area (Å²) in [4.78, 5) is 27.0. The van der Waals surface area contributed by atoms with Gasteiger partial charge in [-0.25, -0.2) is 0 Å². The molecule has 0 aliphatic carbocycles. The largest absolute Gasteiger partial charge is 0.497 e. The zero-order valence-corrected chi connectivity index (χ0v) is 16.1. The van der Waals surface area contributed by atoms with Crippen molar-refractivity contribution in [2.45, 2.75) is 13.5 Å². The Hall–Kier alpha value is -3.54. The van der Waals surface area contributed by atoms with E-state index in [9.17, 15) is 9.59 Å². The SMILES string of the molecule is COc1ccc(C(=O)Nc2ccccc2C(=O)N(C)Cc2ccc(C)o2)cc1. The standard InChI is InChI=1S/C22H22N2O4/c1-15-8-11-18(28-15)14-24(2)22(26)19-6-4-5-7-20(19)23-21(25)16-9-12-17(27-3)13-10-16/h4-13H,14H2,1-3H3,(H,23,25). The third-order valence-corrected chi connectivity index (χ3v) is 4.29. The van der Waals surface area contributed by atoms with Gasteiger partial charge in [0, 0.05) is 12.6 Å². The van der Waals surface area contributed by atoms with Crippen LogP contribution in [0.25, 0.3) is 0 Å². The molecule has 0 fully saturated rings. The van der Waals surface area contributed by atoms with Gasteiger partial charge in [0.25, 0.3) is 11.8 Å². The summed E-state index contributed by atoms with van der Waals surface area (Å²) in [5, 5.41) is 2.82.